The third-order valence-corrected chi connectivity index (χ3v) is 3.51. The summed E-state index contributed by atoms with van der Waals surface area (Å²) in [7, 11) is 0. The highest BCUT2D eigenvalue weighted by Crippen LogP contribution is 2.40. The summed E-state index contributed by atoms with van der Waals surface area (Å²) in [6.45, 7) is 3.03. The highest BCUT2D eigenvalue weighted by atomic mass is 14.9. The summed E-state index contributed by atoms with van der Waals surface area (Å²) in [5, 5.41) is 3.49. The average molecular weight is 237 g/mol. The zero-order valence-electron chi connectivity index (χ0n) is 10.8. The van der Waals surface area contributed by atoms with Crippen molar-refractivity contribution in [1.82, 2.24) is 0 Å². The molecule has 2 aromatic carbocycles. The molecule has 92 valence electrons. The molecule has 0 radical (unpaired) electrons. The third kappa shape index (κ3) is 2.73. The molecule has 1 N–H and O–H groups in total. The van der Waals surface area contributed by atoms with E-state index in [4.69, 9.17) is 0 Å². The van der Waals surface area contributed by atoms with E-state index in [1.165, 1.54) is 35.2 Å². The van der Waals surface area contributed by atoms with Gasteiger partial charge < -0.3 is 5.32 Å². The molecule has 0 aliphatic heterocycles. The lowest BCUT2D eigenvalue weighted by Crippen LogP contribution is -1.99. The molecule has 0 bridgehead atoms. The van der Waals surface area contributed by atoms with Crippen molar-refractivity contribution in [2.24, 2.45) is 0 Å². The third-order valence-electron chi connectivity index (χ3n) is 3.51. The minimum Gasteiger partial charge on any atom is -0.381 e. The second-order valence-corrected chi connectivity index (χ2v) is 5.24. The quantitative estimate of drug-likeness (QED) is 0.826. The van der Waals surface area contributed by atoms with Gasteiger partial charge in [0.1, 0.15) is 0 Å². The smallest absolute Gasteiger partial charge is 0.0400 e. The molecule has 2 aromatic rings. The Morgan fingerprint density at radius 3 is 2.67 bits per heavy atom. The minimum absolute atomic E-state index is 0.837. The number of nitrogens with one attached hydrogen (secondary N) is 1. The summed E-state index contributed by atoms with van der Waals surface area (Å²) in [4.78, 5) is 0. The van der Waals surface area contributed by atoms with Crippen LogP contribution in [0.4, 0.5) is 5.69 Å². The highest BCUT2D eigenvalue weighted by molar-refractivity contribution is 5.46. The van der Waals surface area contributed by atoms with Gasteiger partial charge in [0.25, 0.3) is 0 Å². The summed E-state index contributed by atoms with van der Waals surface area (Å²) in [6.07, 6.45) is 2.74. The number of aryl methyl sites for hydroxylation is 1. The van der Waals surface area contributed by atoms with E-state index < -0.39 is 0 Å². The Morgan fingerprint density at radius 1 is 1.06 bits per heavy atom. The van der Waals surface area contributed by atoms with Crippen LogP contribution in [0, 0.1) is 6.92 Å². The molecule has 0 unspecified atom stereocenters. The van der Waals surface area contributed by atoms with Gasteiger partial charge in [0.2, 0.25) is 0 Å². The fraction of sp³-hybridized carbons (Fsp3) is 0.294. The van der Waals surface area contributed by atoms with Gasteiger partial charge in [-0.1, -0.05) is 36.4 Å². The number of hydrogen-bond donors (Lipinski definition) is 1. The predicted octanol–water partition coefficient (Wildman–Crippen LogP) is 4.48. The summed E-state index contributed by atoms with van der Waals surface area (Å²) < 4.78 is 0. The second kappa shape index (κ2) is 4.85. The molecule has 0 amide bonds. The molecule has 3 rings (SSSR count). The van der Waals surface area contributed by atoms with E-state index in [2.05, 4.69) is 60.8 Å². The van der Waals surface area contributed by atoms with E-state index >= 15 is 0 Å². The van der Waals surface area contributed by atoms with Crippen LogP contribution in [0.25, 0.3) is 0 Å². The van der Waals surface area contributed by atoms with Gasteiger partial charge >= 0.3 is 0 Å². The Labute approximate surface area is 109 Å². The fourth-order valence-electron chi connectivity index (χ4n) is 2.33. The molecular weight excluding hydrogens is 218 g/mol. The largest absolute Gasteiger partial charge is 0.381 e. The fourth-order valence-corrected chi connectivity index (χ4v) is 2.33. The van der Waals surface area contributed by atoms with Crippen molar-refractivity contribution in [1.29, 1.82) is 0 Å². The molecule has 1 saturated carbocycles. The van der Waals surface area contributed by atoms with Crippen molar-refractivity contribution in [2.45, 2.75) is 32.2 Å². The van der Waals surface area contributed by atoms with E-state index in [1.807, 2.05) is 0 Å². The lowest BCUT2D eigenvalue weighted by atomic mass is 10.1. The van der Waals surface area contributed by atoms with Crippen LogP contribution in [0.15, 0.2) is 48.5 Å². The molecule has 1 aliphatic carbocycles. The van der Waals surface area contributed by atoms with Gasteiger partial charge in [-0.15, -0.1) is 0 Å². The number of rotatable bonds is 4. The van der Waals surface area contributed by atoms with Gasteiger partial charge in [-0.05, 0) is 54.5 Å². The zero-order valence-corrected chi connectivity index (χ0v) is 10.8. The summed E-state index contributed by atoms with van der Waals surface area (Å²) in [5.41, 5.74) is 5.39. The van der Waals surface area contributed by atoms with Crippen molar-refractivity contribution in [3.63, 3.8) is 0 Å². The van der Waals surface area contributed by atoms with Crippen LogP contribution in [0.3, 0.4) is 0 Å². The Hall–Kier alpha value is -1.76. The molecule has 1 heteroatoms. The van der Waals surface area contributed by atoms with Crippen molar-refractivity contribution >= 4 is 5.69 Å². The van der Waals surface area contributed by atoms with Gasteiger partial charge in [-0.3, -0.25) is 0 Å². The standard InChI is InChI=1S/C17H19N/c1-13-4-2-7-17(10-13)18-12-14-5-3-6-16(11-14)15-8-9-15/h2-7,10-11,15,18H,8-9,12H2,1H3. The summed E-state index contributed by atoms with van der Waals surface area (Å²) >= 11 is 0. The molecule has 1 aliphatic rings. The maximum absolute atomic E-state index is 3.49. The van der Waals surface area contributed by atoms with E-state index in [0.717, 1.165) is 12.5 Å². The van der Waals surface area contributed by atoms with E-state index in [1.54, 1.807) is 0 Å². The molecule has 0 spiro atoms. The van der Waals surface area contributed by atoms with Crippen LogP contribution in [0.5, 0.6) is 0 Å². The maximum Gasteiger partial charge on any atom is 0.0400 e. The van der Waals surface area contributed by atoms with Crippen LogP contribution in [-0.2, 0) is 6.54 Å². The minimum atomic E-state index is 0.837. The van der Waals surface area contributed by atoms with Gasteiger partial charge in [0, 0.05) is 12.2 Å². The molecule has 0 atom stereocenters. The summed E-state index contributed by atoms with van der Waals surface area (Å²) in [6, 6.07) is 17.5. The zero-order chi connectivity index (χ0) is 12.4. The van der Waals surface area contributed by atoms with E-state index in [-0.39, 0.29) is 0 Å². The average Bonchev–Trinajstić information content (AvgIpc) is 3.21. The molecule has 1 nitrogen and oxygen atoms in total. The lowest BCUT2D eigenvalue weighted by Gasteiger charge is -2.08. The first kappa shape index (κ1) is 11.3. The van der Waals surface area contributed by atoms with Gasteiger partial charge in [0.05, 0.1) is 0 Å². The molecular formula is C17H19N. The first-order valence-corrected chi connectivity index (χ1v) is 6.71. The van der Waals surface area contributed by atoms with Crippen LogP contribution in [0.2, 0.25) is 0 Å². The van der Waals surface area contributed by atoms with Crippen LogP contribution in [-0.4, -0.2) is 0 Å². The van der Waals surface area contributed by atoms with Crippen molar-refractivity contribution in [3.05, 3.63) is 65.2 Å². The van der Waals surface area contributed by atoms with Crippen molar-refractivity contribution in [3.8, 4) is 0 Å². The molecule has 0 saturated heterocycles. The van der Waals surface area contributed by atoms with Gasteiger partial charge in [-0.25, -0.2) is 0 Å². The molecule has 1 fully saturated rings. The topological polar surface area (TPSA) is 12.0 Å². The number of hydrogen-bond acceptors (Lipinski definition) is 1. The lowest BCUT2D eigenvalue weighted by molar-refractivity contribution is 1.08. The maximum atomic E-state index is 3.49. The second-order valence-electron chi connectivity index (χ2n) is 5.24. The Balaban J connectivity index is 1.67. The number of anilines is 1. The first-order valence-electron chi connectivity index (χ1n) is 6.71. The predicted molar refractivity (Wildman–Crippen MR) is 76.9 cm³/mol. The monoisotopic (exact) mass is 237 g/mol. The van der Waals surface area contributed by atoms with Gasteiger partial charge in [-0.2, -0.15) is 0 Å². The van der Waals surface area contributed by atoms with Crippen molar-refractivity contribution < 1.29 is 0 Å². The molecule has 0 heterocycles. The number of benzene rings is 2. The van der Waals surface area contributed by atoms with Crippen LogP contribution in [0.1, 0.15) is 35.4 Å². The first-order chi connectivity index (χ1) is 8.81. The molecule has 18 heavy (non-hydrogen) atoms. The van der Waals surface area contributed by atoms with Gasteiger partial charge in [0.15, 0.2) is 0 Å². The Morgan fingerprint density at radius 2 is 1.89 bits per heavy atom. The van der Waals surface area contributed by atoms with Crippen LogP contribution < -0.4 is 5.32 Å². The summed E-state index contributed by atoms with van der Waals surface area (Å²) in [5.74, 6) is 0.837. The molecule has 0 aromatic heterocycles. The van der Waals surface area contributed by atoms with E-state index in [9.17, 15) is 0 Å². The van der Waals surface area contributed by atoms with Crippen molar-refractivity contribution in [2.75, 3.05) is 5.32 Å². The van der Waals surface area contributed by atoms with E-state index in [0.29, 0.717) is 0 Å². The highest BCUT2D eigenvalue weighted by Gasteiger charge is 2.23. The Bertz CT molecular complexity index is 541. The van der Waals surface area contributed by atoms with Crippen LogP contribution >= 0.6 is 0 Å². The Kier molecular flexibility index (Phi) is 3.06. The normalized spacial score (nSPS) is 14.5. The SMILES string of the molecule is Cc1cccc(NCc2cccc(C3CC3)c2)c1.